The van der Waals surface area contributed by atoms with Crippen LogP contribution in [-0.2, 0) is 12.4 Å². The van der Waals surface area contributed by atoms with Crippen molar-refractivity contribution in [2.75, 3.05) is 36.0 Å². The average Bonchev–Trinajstić information content (AvgIpc) is 3.28. The molecule has 5 rings (SSSR count). The van der Waals surface area contributed by atoms with Crippen LogP contribution in [0.1, 0.15) is 11.1 Å². The molecule has 0 aliphatic carbocycles. The van der Waals surface area contributed by atoms with E-state index in [1.807, 2.05) is 0 Å². The molecule has 0 spiro atoms. The van der Waals surface area contributed by atoms with Gasteiger partial charge in [0.2, 0.25) is 5.95 Å². The lowest BCUT2D eigenvalue weighted by atomic mass is 10.00. The van der Waals surface area contributed by atoms with E-state index < -0.39 is 35.1 Å². The maximum atomic E-state index is 14.5. The second-order valence-electron chi connectivity index (χ2n) is 8.45. The molecule has 0 radical (unpaired) electrons. The van der Waals surface area contributed by atoms with E-state index in [1.54, 1.807) is 4.90 Å². The van der Waals surface area contributed by atoms with E-state index >= 15 is 0 Å². The van der Waals surface area contributed by atoms with Crippen LogP contribution < -0.4 is 9.80 Å². The summed E-state index contributed by atoms with van der Waals surface area (Å²) in [6, 6.07) is 6.14. The quantitative estimate of drug-likeness (QED) is 0.319. The number of aromatic nitrogens is 3. The van der Waals surface area contributed by atoms with E-state index in [1.165, 1.54) is 17.2 Å². The van der Waals surface area contributed by atoms with Gasteiger partial charge in [-0.15, -0.1) is 0 Å². The van der Waals surface area contributed by atoms with E-state index in [2.05, 4.69) is 15.0 Å². The molecule has 5 nitrogen and oxygen atoms in total. The van der Waals surface area contributed by atoms with E-state index in [0.717, 1.165) is 30.3 Å². The lowest BCUT2D eigenvalue weighted by Crippen LogP contribution is -2.47. The van der Waals surface area contributed by atoms with Crippen LogP contribution >= 0.6 is 0 Å². The maximum Gasteiger partial charge on any atom is 0.419 e. The molecule has 1 aliphatic heterocycles. The van der Waals surface area contributed by atoms with Gasteiger partial charge in [-0.05, 0) is 42.5 Å². The second kappa shape index (κ2) is 8.89. The molecule has 1 N–H and O–H groups in total. The van der Waals surface area contributed by atoms with Crippen LogP contribution in [0.2, 0.25) is 0 Å². The summed E-state index contributed by atoms with van der Waals surface area (Å²) in [5.41, 5.74) is -2.61. The topological polar surface area (TPSA) is 48.1 Å². The molecule has 3 heterocycles. The molecule has 37 heavy (non-hydrogen) atoms. The molecule has 4 aromatic rings. The fourth-order valence-electron chi connectivity index (χ4n) is 4.33. The maximum absolute atomic E-state index is 14.5. The molecule has 0 bridgehead atoms. The molecule has 1 aliphatic rings. The summed E-state index contributed by atoms with van der Waals surface area (Å²) in [5.74, 6) is -1.81. The van der Waals surface area contributed by atoms with Crippen LogP contribution in [0.4, 0.5) is 46.9 Å². The first-order valence-electron chi connectivity index (χ1n) is 11.0. The molecule has 2 aromatic heterocycles. The first kappa shape index (κ1) is 24.8. The Hall–Kier alpha value is -3.90. The summed E-state index contributed by atoms with van der Waals surface area (Å²) in [5, 5.41) is 0. The third-order valence-corrected chi connectivity index (χ3v) is 6.09. The minimum absolute atomic E-state index is 0.000914. The van der Waals surface area contributed by atoms with Crippen LogP contribution in [0.3, 0.4) is 0 Å². The van der Waals surface area contributed by atoms with E-state index in [-0.39, 0.29) is 60.1 Å². The minimum atomic E-state index is -4.76. The lowest BCUT2D eigenvalue weighted by molar-refractivity contribution is -0.138. The van der Waals surface area contributed by atoms with Crippen molar-refractivity contribution < 1.29 is 35.1 Å². The van der Waals surface area contributed by atoms with Crippen molar-refractivity contribution in [2.24, 2.45) is 0 Å². The zero-order valence-electron chi connectivity index (χ0n) is 18.8. The Kier molecular flexibility index (Phi) is 5.95. The van der Waals surface area contributed by atoms with Crippen molar-refractivity contribution in [1.82, 2.24) is 15.0 Å². The number of piperazine rings is 1. The fourth-order valence-corrected chi connectivity index (χ4v) is 4.33. The van der Waals surface area contributed by atoms with Gasteiger partial charge in [0, 0.05) is 43.5 Å². The van der Waals surface area contributed by atoms with Crippen molar-refractivity contribution >= 4 is 22.8 Å². The summed E-state index contributed by atoms with van der Waals surface area (Å²) in [7, 11) is 0. The Morgan fingerprint density at radius 1 is 0.784 bits per heavy atom. The number of H-pyrrole nitrogens is 1. The van der Waals surface area contributed by atoms with Gasteiger partial charge in [-0.25, -0.2) is 18.7 Å². The predicted molar refractivity (Wildman–Crippen MR) is 120 cm³/mol. The number of hydrogen-bond donors (Lipinski definition) is 1. The van der Waals surface area contributed by atoms with E-state index in [9.17, 15) is 35.1 Å². The molecule has 0 atom stereocenters. The third-order valence-electron chi connectivity index (χ3n) is 6.09. The second-order valence-corrected chi connectivity index (χ2v) is 8.45. The zero-order valence-corrected chi connectivity index (χ0v) is 18.8. The smallest absolute Gasteiger partial charge is 0.353 e. The molecular formula is C24H17F8N5. The van der Waals surface area contributed by atoms with Crippen LogP contribution in [0.5, 0.6) is 0 Å². The van der Waals surface area contributed by atoms with Gasteiger partial charge in [-0.1, -0.05) is 0 Å². The highest BCUT2D eigenvalue weighted by Crippen LogP contribution is 2.39. The van der Waals surface area contributed by atoms with Crippen LogP contribution in [0.25, 0.3) is 22.2 Å². The summed E-state index contributed by atoms with van der Waals surface area (Å²) in [6.07, 6.45) is -8.08. The van der Waals surface area contributed by atoms with E-state index in [0.29, 0.717) is 6.07 Å². The Balaban J connectivity index is 1.49. The van der Waals surface area contributed by atoms with Gasteiger partial charge in [0.1, 0.15) is 17.5 Å². The molecule has 1 saturated heterocycles. The number of halogens is 8. The monoisotopic (exact) mass is 527 g/mol. The standard InChI is InChI=1S/C24H17F8N5/c25-14-3-4-18(26)15(12-14)16-10-13(23(27,28)29)11-19-20(16)35-22(34-19)37-8-6-36(7-9-37)21-17(24(30,31)32)2-1-5-33-21/h1-5,10-12H,6-9H2,(H,34,35). The Morgan fingerprint density at radius 2 is 1.49 bits per heavy atom. The first-order valence-corrected chi connectivity index (χ1v) is 11.0. The molecule has 0 unspecified atom stereocenters. The number of imidazole rings is 1. The summed E-state index contributed by atoms with van der Waals surface area (Å²) in [6.45, 7) is 0.638. The van der Waals surface area contributed by atoms with Gasteiger partial charge >= 0.3 is 12.4 Å². The van der Waals surface area contributed by atoms with E-state index in [4.69, 9.17) is 0 Å². The minimum Gasteiger partial charge on any atom is -0.353 e. The Morgan fingerprint density at radius 3 is 2.16 bits per heavy atom. The van der Waals surface area contributed by atoms with Crippen molar-refractivity contribution in [3.8, 4) is 11.1 Å². The highest BCUT2D eigenvalue weighted by Gasteiger charge is 2.37. The largest absolute Gasteiger partial charge is 0.419 e. The van der Waals surface area contributed by atoms with Crippen LogP contribution in [-0.4, -0.2) is 41.1 Å². The van der Waals surface area contributed by atoms with Gasteiger partial charge < -0.3 is 14.8 Å². The number of rotatable bonds is 3. The first-order chi connectivity index (χ1) is 17.4. The Labute approximate surface area is 204 Å². The fraction of sp³-hybridized carbons (Fsp3) is 0.250. The lowest BCUT2D eigenvalue weighted by Gasteiger charge is -2.36. The number of alkyl halides is 6. The zero-order chi connectivity index (χ0) is 26.5. The normalized spacial score (nSPS) is 15.0. The van der Waals surface area contributed by atoms with Gasteiger partial charge in [-0.3, -0.25) is 0 Å². The Bertz CT molecular complexity index is 1450. The number of hydrogen-bond acceptors (Lipinski definition) is 4. The SMILES string of the molecule is Fc1ccc(F)c(-c2cc(C(F)(F)F)cc3[nH]c(N4CCN(c5ncccc5C(F)(F)F)CC4)nc23)c1. The number of aromatic amines is 1. The number of nitrogens with zero attached hydrogens (tertiary/aromatic N) is 4. The molecule has 0 saturated carbocycles. The number of benzene rings is 2. The predicted octanol–water partition coefficient (Wildman–Crippen LogP) is 6.27. The molecule has 13 heteroatoms. The highest BCUT2D eigenvalue weighted by atomic mass is 19.4. The molecule has 194 valence electrons. The summed E-state index contributed by atoms with van der Waals surface area (Å²) in [4.78, 5) is 14.2. The molecule has 1 fully saturated rings. The van der Waals surface area contributed by atoms with Crippen LogP contribution in [0, 0.1) is 11.6 Å². The van der Waals surface area contributed by atoms with Crippen molar-refractivity contribution in [3.05, 3.63) is 71.4 Å². The molecular weight excluding hydrogens is 510 g/mol. The van der Waals surface area contributed by atoms with Crippen molar-refractivity contribution in [3.63, 3.8) is 0 Å². The van der Waals surface area contributed by atoms with Crippen LogP contribution in [0.15, 0.2) is 48.7 Å². The average molecular weight is 527 g/mol. The highest BCUT2D eigenvalue weighted by molar-refractivity contribution is 5.94. The number of fused-ring (bicyclic) bond motifs is 1. The number of anilines is 2. The van der Waals surface area contributed by atoms with Crippen molar-refractivity contribution in [2.45, 2.75) is 12.4 Å². The number of nitrogens with one attached hydrogen (secondary N) is 1. The van der Waals surface area contributed by atoms with Gasteiger partial charge in [0.15, 0.2) is 0 Å². The van der Waals surface area contributed by atoms with Gasteiger partial charge in [-0.2, -0.15) is 26.3 Å². The summed E-state index contributed by atoms with van der Waals surface area (Å²) < 4.78 is 109. The number of pyridine rings is 1. The summed E-state index contributed by atoms with van der Waals surface area (Å²) >= 11 is 0. The van der Waals surface area contributed by atoms with Gasteiger partial charge in [0.05, 0.1) is 22.2 Å². The third kappa shape index (κ3) is 4.77. The van der Waals surface area contributed by atoms with Gasteiger partial charge in [0.25, 0.3) is 0 Å². The molecule has 2 aromatic carbocycles. The molecule has 0 amide bonds. The van der Waals surface area contributed by atoms with Crippen molar-refractivity contribution in [1.29, 1.82) is 0 Å².